The third kappa shape index (κ3) is 13.4. The van der Waals surface area contributed by atoms with Gasteiger partial charge in [-0.25, -0.2) is 0 Å². The molecule has 0 spiro atoms. The molecule has 0 saturated carbocycles. The fraction of sp³-hybridized carbons (Fsp3) is 0.692. The van der Waals surface area contributed by atoms with Gasteiger partial charge in [-0.05, 0) is 30.9 Å². The Bertz CT molecular complexity index is 582. The van der Waals surface area contributed by atoms with Crippen LogP contribution in [0, 0.1) is 0 Å². The van der Waals surface area contributed by atoms with Gasteiger partial charge in [-0.1, -0.05) is 96.3 Å². The standard InChI is InChI=1S/C26H42O4/c1-3-5-6-7-8-9-10-11-12-15-22-29-25(27)20-16-21-26(28)30-24-19-14-13-18-23(24)17-4-2/h13-14,18-19H,3-12,15-17,20-22H2,1-2H3. The molecule has 0 bridgehead atoms. The molecular formula is C26H42O4. The van der Waals surface area contributed by atoms with Crippen LogP contribution < -0.4 is 4.74 Å². The maximum atomic E-state index is 12.0. The van der Waals surface area contributed by atoms with Crippen molar-refractivity contribution in [2.75, 3.05) is 6.61 Å². The van der Waals surface area contributed by atoms with Crippen LogP contribution in [0.4, 0.5) is 0 Å². The summed E-state index contributed by atoms with van der Waals surface area (Å²) in [5, 5.41) is 0. The Balaban J connectivity index is 2.00. The van der Waals surface area contributed by atoms with E-state index in [0.29, 0.717) is 18.8 Å². The Kier molecular flexibility index (Phi) is 15.7. The van der Waals surface area contributed by atoms with E-state index in [2.05, 4.69) is 13.8 Å². The van der Waals surface area contributed by atoms with Crippen LogP contribution in [0.25, 0.3) is 0 Å². The summed E-state index contributed by atoms with van der Waals surface area (Å²) >= 11 is 0. The van der Waals surface area contributed by atoms with Gasteiger partial charge in [0.25, 0.3) is 0 Å². The first-order valence-electron chi connectivity index (χ1n) is 12.1. The van der Waals surface area contributed by atoms with Crippen molar-refractivity contribution in [3.63, 3.8) is 0 Å². The van der Waals surface area contributed by atoms with E-state index in [0.717, 1.165) is 31.2 Å². The molecular weight excluding hydrogens is 376 g/mol. The highest BCUT2D eigenvalue weighted by Gasteiger charge is 2.10. The van der Waals surface area contributed by atoms with Crippen LogP contribution in [0.15, 0.2) is 24.3 Å². The van der Waals surface area contributed by atoms with Crippen LogP contribution >= 0.6 is 0 Å². The lowest BCUT2D eigenvalue weighted by Gasteiger charge is -2.09. The van der Waals surface area contributed by atoms with Crippen LogP contribution in [0.1, 0.15) is 109 Å². The first-order chi connectivity index (χ1) is 14.7. The fourth-order valence-corrected chi connectivity index (χ4v) is 3.48. The second kappa shape index (κ2) is 18.0. The van der Waals surface area contributed by atoms with Crippen molar-refractivity contribution in [2.45, 2.75) is 110 Å². The number of hydrogen-bond donors (Lipinski definition) is 0. The molecule has 1 aromatic rings. The van der Waals surface area contributed by atoms with Crippen molar-refractivity contribution in [2.24, 2.45) is 0 Å². The zero-order chi connectivity index (χ0) is 21.9. The van der Waals surface area contributed by atoms with Crippen molar-refractivity contribution in [3.8, 4) is 5.75 Å². The van der Waals surface area contributed by atoms with E-state index >= 15 is 0 Å². The molecule has 30 heavy (non-hydrogen) atoms. The molecule has 0 unspecified atom stereocenters. The Labute approximate surface area is 183 Å². The molecule has 4 heteroatoms. The SMILES string of the molecule is CCCCCCCCCCCCOC(=O)CCCC(=O)Oc1ccccc1CCC. The quantitative estimate of drug-likeness (QED) is 0.144. The average molecular weight is 419 g/mol. The minimum absolute atomic E-state index is 0.217. The van der Waals surface area contributed by atoms with E-state index in [4.69, 9.17) is 9.47 Å². The number of carbonyl (C=O) groups excluding carboxylic acids is 2. The van der Waals surface area contributed by atoms with E-state index in [-0.39, 0.29) is 24.8 Å². The molecule has 0 atom stereocenters. The normalized spacial score (nSPS) is 10.7. The van der Waals surface area contributed by atoms with Crippen LogP contribution in [0.2, 0.25) is 0 Å². The summed E-state index contributed by atoms with van der Waals surface area (Å²) < 4.78 is 10.7. The number of rotatable bonds is 18. The van der Waals surface area contributed by atoms with Crippen molar-refractivity contribution < 1.29 is 19.1 Å². The summed E-state index contributed by atoms with van der Waals surface area (Å²) in [5.74, 6) is 0.124. The second-order valence-corrected chi connectivity index (χ2v) is 8.09. The zero-order valence-corrected chi connectivity index (χ0v) is 19.3. The molecule has 0 heterocycles. The number of aryl methyl sites for hydroxylation is 1. The van der Waals surface area contributed by atoms with Crippen LogP contribution in [0.5, 0.6) is 5.75 Å². The van der Waals surface area contributed by atoms with Crippen molar-refractivity contribution in [1.82, 2.24) is 0 Å². The maximum absolute atomic E-state index is 12.0. The molecule has 4 nitrogen and oxygen atoms in total. The highest BCUT2D eigenvalue weighted by molar-refractivity contribution is 5.74. The van der Waals surface area contributed by atoms with Gasteiger partial charge in [0.05, 0.1) is 6.61 Å². The summed E-state index contributed by atoms with van der Waals surface area (Å²) in [4.78, 5) is 23.8. The molecule has 0 aliphatic rings. The number of esters is 2. The topological polar surface area (TPSA) is 52.6 Å². The largest absolute Gasteiger partial charge is 0.466 e. The highest BCUT2D eigenvalue weighted by atomic mass is 16.5. The summed E-state index contributed by atoms with van der Waals surface area (Å²) in [7, 11) is 0. The first kappa shape index (κ1) is 26.2. The summed E-state index contributed by atoms with van der Waals surface area (Å²) in [6.45, 7) is 4.83. The van der Waals surface area contributed by atoms with Gasteiger partial charge >= 0.3 is 11.9 Å². The van der Waals surface area contributed by atoms with Gasteiger partial charge in [0.1, 0.15) is 5.75 Å². The minimum atomic E-state index is -0.291. The lowest BCUT2D eigenvalue weighted by Crippen LogP contribution is -2.11. The molecule has 0 aliphatic carbocycles. The van der Waals surface area contributed by atoms with Gasteiger partial charge in [-0.15, -0.1) is 0 Å². The van der Waals surface area contributed by atoms with Crippen molar-refractivity contribution in [3.05, 3.63) is 29.8 Å². The molecule has 0 aromatic heterocycles. The summed E-state index contributed by atoms with van der Waals surface area (Å²) in [6.07, 6.45) is 15.5. The molecule has 0 fully saturated rings. The third-order valence-electron chi connectivity index (χ3n) is 5.24. The Morgan fingerprint density at radius 3 is 1.97 bits per heavy atom. The van der Waals surface area contributed by atoms with Gasteiger partial charge in [0, 0.05) is 12.8 Å². The Hall–Kier alpha value is -1.84. The van der Waals surface area contributed by atoms with E-state index in [9.17, 15) is 9.59 Å². The number of hydrogen-bond acceptors (Lipinski definition) is 4. The predicted molar refractivity (Wildman–Crippen MR) is 123 cm³/mol. The van der Waals surface area contributed by atoms with Gasteiger partial charge in [-0.2, -0.15) is 0 Å². The van der Waals surface area contributed by atoms with Crippen molar-refractivity contribution in [1.29, 1.82) is 0 Å². The lowest BCUT2D eigenvalue weighted by molar-refractivity contribution is -0.144. The van der Waals surface area contributed by atoms with E-state index in [1.165, 1.54) is 51.4 Å². The molecule has 1 rings (SSSR count). The smallest absolute Gasteiger partial charge is 0.311 e. The number of ether oxygens (including phenoxy) is 2. The monoisotopic (exact) mass is 418 g/mol. The Morgan fingerprint density at radius 2 is 1.30 bits per heavy atom. The molecule has 0 radical (unpaired) electrons. The van der Waals surface area contributed by atoms with Gasteiger partial charge in [0.2, 0.25) is 0 Å². The van der Waals surface area contributed by atoms with Crippen molar-refractivity contribution >= 4 is 11.9 Å². The summed E-state index contributed by atoms with van der Waals surface area (Å²) in [5.41, 5.74) is 1.05. The lowest BCUT2D eigenvalue weighted by atomic mass is 10.1. The van der Waals surface area contributed by atoms with Gasteiger partial charge in [-0.3, -0.25) is 9.59 Å². The summed E-state index contributed by atoms with van der Waals surface area (Å²) in [6, 6.07) is 7.63. The van der Waals surface area contributed by atoms with E-state index in [1.807, 2.05) is 24.3 Å². The minimum Gasteiger partial charge on any atom is -0.466 e. The van der Waals surface area contributed by atoms with Crippen LogP contribution in [0.3, 0.4) is 0 Å². The van der Waals surface area contributed by atoms with Crippen LogP contribution in [-0.2, 0) is 20.7 Å². The van der Waals surface area contributed by atoms with Crippen LogP contribution in [-0.4, -0.2) is 18.5 Å². The van der Waals surface area contributed by atoms with E-state index < -0.39 is 0 Å². The Morgan fingerprint density at radius 1 is 0.700 bits per heavy atom. The maximum Gasteiger partial charge on any atom is 0.311 e. The molecule has 0 aliphatic heterocycles. The molecule has 170 valence electrons. The number of unbranched alkanes of at least 4 members (excludes halogenated alkanes) is 9. The number of benzene rings is 1. The number of carbonyl (C=O) groups is 2. The van der Waals surface area contributed by atoms with Gasteiger partial charge in [0.15, 0.2) is 0 Å². The fourth-order valence-electron chi connectivity index (χ4n) is 3.48. The van der Waals surface area contributed by atoms with Gasteiger partial charge < -0.3 is 9.47 Å². The molecule has 0 N–H and O–H groups in total. The zero-order valence-electron chi connectivity index (χ0n) is 19.3. The first-order valence-corrected chi connectivity index (χ1v) is 12.1. The molecule has 0 amide bonds. The highest BCUT2D eigenvalue weighted by Crippen LogP contribution is 2.20. The predicted octanol–water partition coefficient (Wildman–Crippen LogP) is 7.18. The number of para-hydroxylation sites is 1. The average Bonchev–Trinajstić information content (AvgIpc) is 2.73. The van der Waals surface area contributed by atoms with E-state index in [1.54, 1.807) is 0 Å². The third-order valence-corrected chi connectivity index (χ3v) is 5.24. The second-order valence-electron chi connectivity index (χ2n) is 8.09. The molecule has 1 aromatic carbocycles. The molecule has 0 saturated heterocycles.